The molecule has 4 heteroatoms. The highest BCUT2D eigenvalue weighted by molar-refractivity contribution is 5.02. The van der Waals surface area contributed by atoms with Crippen molar-refractivity contribution in [3.05, 3.63) is 0 Å². The van der Waals surface area contributed by atoms with E-state index in [0.717, 1.165) is 18.9 Å². The normalized spacial score (nSPS) is 24.9. The number of hydrogen-bond acceptors (Lipinski definition) is 4. The average molecular weight is 264 g/mol. The van der Waals surface area contributed by atoms with Crippen molar-refractivity contribution in [2.24, 2.45) is 0 Å². The maximum atomic E-state index is 9.09. The van der Waals surface area contributed by atoms with Crippen LogP contribution in [0.5, 0.6) is 0 Å². The van der Waals surface area contributed by atoms with Crippen LogP contribution in [-0.2, 0) is 0 Å². The van der Waals surface area contributed by atoms with Crippen LogP contribution < -0.4 is 5.32 Å². The third-order valence-corrected chi connectivity index (χ3v) is 4.67. The highest BCUT2D eigenvalue weighted by Crippen LogP contribution is 2.27. The van der Waals surface area contributed by atoms with E-state index in [2.05, 4.69) is 21.2 Å². The summed E-state index contributed by atoms with van der Waals surface area (Å²) < 4.78 is 0. The summed E-state index contributed by atoms with van der Waals surface area (Å²) in [5.41, 5.74) is -0.343. The fourth-order valence-corrected chi connectivity index (χ4v) is 2.84. The summed E-state index contributed by atoms with van der Waals surface area (Å²) in [4.78, 5) is 5.24. The quantitative estimate of drug-likeness (QED) is 0.707. The highest BCUT2D eigenvalue weighted by atomic mass is 15.3. The fraction of sp³-hybridized carbons (Fsp3) is 0.933. The third kappa shape index (κ3) is 4.45. The Balaban J connectivity index is 1.55. The SMILES string of the molecule is CNC(C)(C#N)CCCCN1CCN(C2CC2)CC1. The van der Waals surface area contributed by atoms with Crippen molar-refractivity contribution in [2.75, 3.05) is 39.8 Å². The summed E-state index contributed by atoms with van der Waals surface area (Å²) in [7, 11) is 1.88. The molecule has 0 radical (unpaired) electrons. The van der Waals surface area contributed by atoms with E-state index in [9.17, 15) is 0 Å². The van der Waals surface area contributed by atoms with Gasteiger partial charge in [0, 0.05) is 32.2 Å². The number of nitrogens with one attached hydrogen (secondary N) is 1. The molecule has 1 N–H and O–H groups in total. The Bertz CT molecular complexity index is 313. The molecule has 2 rings (SSSR count). The van der Waals surface area contributed by atoms with Crippen LogP contribution in [0.15, 0.2) is 0 Å². The first-order valence-corrected chi connectivity index (χ1v) is 7.73. The number of nitrogens with zero attached hydrogens (tertiary/aromatic N) is 3. The van der Waals surface area contributed by atoms with Crippen molar-refractivity contribution < 1.29 is 0 Å². The Hall–Kier alpha value is -0.630. The van der Waals surface area contributed by atoms with Crippen LogP contribution in [-0.4, -0.2) is 61.2 Å². The molecule has 0 spiro atoms. The van der Waals surface area contributed by atoms with Gasteiger partial charge < -0.3 is 10.2 Å². The van der Waals surface area contributed by atoms with Gasteiger partial charge in [-0.05, 0) is 52.6 Å². The van der Waals surface area contributed by atoms with Crippen LogP contribution in [0.4, 0.5) is 0 Å². The van der Waals surface area contributed by atoms with Crippen molar-refractivity contribution in [1.82, 2.24) is 15.1 Å². The lowest BCUT2D eigenvalue weighted by molar-refractivity contribution is 0.124. The van der Waals surface area contributed by atoms with Gasteiger partial charge in [0.2, 0.25) is 0 Å². The van der Waals surface area contributed by atoms with Crippen LogP contribution >= 0.6 is 0 Å². The smallest absolute Gasteiger partial charge is 0.103 e. The van der Waals surface area contributed by atoms with Crippen molar-refractivity contribution in [1.29, 1.82) is 5.26 Å². The number of nitriles is 1. The lowest BCUT2D eigenvalue weighted by Crippen LogP contribution is -2.47. The first kappa shape index (κ1) is 14.8. The van der Waals surface area contributed by atoms with E-state index in [4.69, 9.17) is 5.26 Å². The summed E-state index contributed by atoms with van der Waals surface area (Å²) >= 11 is 0. The predicted octanol–water partition coefficient (Wildman–Crippen LogP) is 1.44. The molecule has 0 bridgehead atoms. The first-order chi connectivity index (χ1) is 9.17. The molecular weight excluding hydrogens is 236 g/mol. The maximum Gasteiger partial charge on any atom is 0.103 e. The Labute approximate surface area is 117 Å². The summed E-state index contributed by atoms with van der Waals surface area (Å²) in [6, 6.07) is 3.29. The molecule has 0 aromatic heterocycles. The molecule has 0 amide bonds. The summed E-state index contributed by atoms with van der Waals surface area (Å²) in [6.45, 7) is 8.18. The molecule has 1 unspecified atom stereocenters. The Kier molecular flexibility index (Phi) is 5.20. The van der Waals surface area contributed by atoms with Gasteiger partial charge in [-0.2, -0.15) is 5.26 Å². The van der Waals surface area contributed by atoms with Gasteiger partial charge in [0.1, 0.15) is 5.54 Å². The van der Waals surface area contributed by atoms with Crippen molar-refractivity contribution in [2.45, 2.75) is 50.6 Å². The molecule has 0 aromatic rings. The largest absolute Gasteiger partial charge is 0.303 e. The molecular formula is C15H28N4. The van der Waals surface area contributed by atoms with Gasteiger partial charge in [0.15, 0.2) is 0 Å². The fourth-order valence-electron chi connectivity index (χ4n) is 2.84. The minimum absolute atomic E-state index is 0.343. The standard InChI is InChI=1S/C15H28N4/c1-15(13-16,17-2)7-3-4-8-18-9-11-19(12-10-18)14-5-6-14/h14,17H,3-12H2,1-2H3. The van der Waals surface area contributed by atoms with Crippen LogP contribution in [0.1, 0.15) is 39.0 Å². The van der Waals surface area contributed by atoms with Gasteiger partial charge >= 0.3 is 0 Å². The maximum absolute atomic E-state index is 9.09. The summed E-state index contributed by atoms with van der Waals surface area (Å²) in [5, 5.41) is 12.2. The molecule has 19 heavy (non-hydrogen) atoms. The Morgan fingerprint density at radius 2 is 1.89 bits per heavy atom. The van der Waals surface area contributed by atoms with Crippen LogP contribution in [0.2, 0.25) is 0 Å². The second kappa shape index (κ2) is 6.69. The second-order valence-corrected chi connectivity index (χ2v) is 6.26. The molecule has 108 valence electrons. The van der Waals surface area contributed by atoms with Gasteiger partial charge in [-0.1, -0.05) is 0 Å². The van der Waals surface area contributed by atoms with Gasteiger partial charge in [-0.3, -0.25) is 4.90 Å². The topological polar surface area (TPSA) is 42.3 Å². The van der Waals surface area contributed by atoms with Crippen LogP contribution in [0.25, 0.3) is 0 Å². The summed E-state index contributed by atoms with van der Waals surface area (Å²) in [5.74, 6) is 0. The summed E-state index contributed by atoms with van der Waals surface area (Å²) in [6.07, 6.45) is 6.14. The molecule has 1 saturated carbocycles. The molecule has 1 atom stereocenters. The monoisotopic (exact) mass is 264 g/mol. The van der Waals surface area contributed by atoms with Crippen molar-refractivity contribution in [3.63, 3.8) is 0 Å². The molecule has 1 heterocycles. The van der Waals surface area contributed by atoms with Crippen LogP contribution in [0.3, 0.4) is 0 Å². The van der Waals surface area contributed by atoms with Crippen molar-refractivity contribution in [3.8, 4) is 6.07 Å². The number of hydrogen-bond donors (Lipinski definition) is 1. The molecule has 1 aliphatic carbocycles. The highest BCUT2D eigenvalue weighted by Gasteiger charge is 2.30. The number of piperazine rings is 1. The lowest BCUT2D eigenvalue weighted by Gasteiger charge is -2.34. The number of unbranched alkanes of at least 4 members (excludes halogenated alkanes) is 1. The van der Waals surface area contributed by atoms with Gasteiger partial charge in [0.05, 0.1) is 6.07 Å². The van der Waals surface area contributed by atoms with E-state index < -0.39 is 0 Å². The average Bonchev–Trinajstić information content (AvgIpc) is 3.29. The van der Waals surface area contributed by atoms with E-state index in [0.29, 0.717) is 0 Å². The van der Waals surface area contributed by atoms with E-state index in [1.807, 2.05) is 14.0 Å². The van der Waals surface area contributed by atoms with E-state index >= 15 is 0 Å². The minimum Gasteiger partial charge on any atom is -0.303 e. The zero-order valence-corrected chi connectivity index (χ0v) is 12.5. The first-order valence-electron chi connectivity index (χ1n) is 7.73. The molecule has 1 saturated heterocycles. The molecule has 2 aliphatic rings. The van der Waals surface area contributed by atoms with Gasteiger partial charge in [0.25, 0.3) is 0 Å². The predicted molar refractivity (Wildman–Crippen MR) is 78.0 cm³/mol. The molecule has 4 nitrogen and oxygen atoms in total. The molecule has 1 aliphatic heterocycles. The Morgan fingerprint density at radius 3 is 2.42 bits per heavy atom. The zero-order chi connectivity index (χ0) is 13.7. The Morgan fingerprint density at radius 1 is 1.21 bits per heavy atom. The lowest BCUT2D eigenvalue weighted by atomic mass is 9.97. The third-order valence-electron chi connectivity index (χ3n) is 4.67. The minimum atomic E-state index is -0.343. The second-order valence-electron chi connectivity index (χ2n) is 6.26. The van der Waals surface area contributed by atoms with E-state index in [-0.39, 0.29) is 5.54 Å². The molecule has 0 aromatic carbocycles. The van der Waals surface area contributed by atoms with E-state index in [1.54, 1.807) is 0 Å². The van der Waals surface area contributed by atoms with E-state index in [1.165, 1.54) is 52.0 Å². The molecule has 2 fully saturated rings. The number of rotatable bonds is 7. The van der Waals surface area contributed by atoms with Gasteiger partial charge in [-0.15, -0.1) is 0 Å². The van der Waals surface area contributed by atoms with Gasteiger partial charge in [-0.25, -0.2) is 0 Å². The zero-order valence-electron chi connectivity index (χ0n) is 12.5. The van der Waals surface area contributed by atoms with Crippen molar-refractivity contribution >= 4 is 0 Å². The van der Waals surface area contributed by atoms with Crippen LogP contribution in [0, 0.1) is 11.3 Å².